The first-order chi connectivity index (χ1) is 23.9. The van der Waals surface area contributed by atoms with E-state index in [0.29, 0.717) is 29.1 Å². The van der Waals surface area contributed by atoms with Gasteiger partial charge in [0.25, 0.3) is 5.91 Å². The Morgan fingerprint density at radius 2 is 1.65 bits per heavy atom. The Balaban J connectivity index is 1.33. The van der Waals surface area contributed by atoms with Gasteiger partial charge in [0.1, 0.15) is 16.9 Å². The molecule has 2 aromatic heterocycles. The molecule has 0 radical (unpaired) electrons. The van der Waals surface area contributed by atoms with Crippen molar-refractivity contribution in [3.63, 3.8) is 0 Å². The Morgan fingerprint density at radius 3 is 2.25 bits per heavy atom. The van der Waals surface area contributed by atoms with E-state index >= 15 is 0 Å². The van der Waals surface area contributed by atoms with E-state index in [0.717, 1.165) is 66.4 Å². The smallest absolute Gasteiger partial charge is 0.410 e. The predicted octanol–water partition coefficient (Wildman–Crippen LogP) is 7.61. The molecule has 0 atom stereocenters. The van der Waals surface area contributed by atoms with Gasteiger partial charge in [-0.1, -0.05) is 20.8 Å². The maximum atomic E-state index is 14.1. The number of rotatable bonds is 9. The van der Waals surface area contributed by atoms with Crippen LogP contribution >= 0.6 is 0 Å². The van der Waals surface area contributed by atoms with Crippen LogP contribution in [0.25, 0.3) is 21.8 Å². The molecule has 2 aliphatic rings. The first-order valence-electron chi connectivity index (χ1n) is 18.1. The molecule has 276 valence electrons. The number of fused-ring (bicyclic) bond motifs is 2. The van der Waals surface area contributed by atoms with E-state index < -0.39 is 13.9 Å². The number of nitrogens with one attached hydrogen (secondary N) is 1. The largest absolute Gasteiger partial charge is 0.494 e. The molecule has 1 N–H and O–H groups in total. The summed E-state index contributed by atoms with van der Waals surface area (Å²) >= 11 is 0. The summed E-state index contributed by atoms with van der Waals surface area (Å²) in [6.45, 7) is 18.9. The van der Waals surface area contributed by atoms with E-state index in [1.165, 1.54) is 0 Å². The van der Waals surface area contributed by atoms with E-state index in [4.69, 9.17) is 19.0 Å². The number of hydrogen-bond acceptors (Lipinski definition) is 8. The molecule has 1 aliphatic carbocycles. The fraction of sp³-hybridized carbons (Fsp3) is 0.579. The van der Waals surface area contributed by atoms with E-state index in [1.54, 1.807) is 11.8 Å². The van der Waals surface area contributed by atoms with Crippen molar-refractivity contribution >= 4 is 53.5 Å². The first-order valence-corrected chi connectivity index (χ1v) is 21.0. The zero-order valence-electron chi connectivity index (χ0n) is 32.2. The third kappa shape index (κ3) is 7.60. The molecule has 1 aliphatic heterocycles. The number of carbonyl (C=O) groups is 2. The average molecular weight is 718 g/mol. The van der Waals surface area contributed by atoms with Crippen molar-refractivity contribution in [3.8, 4) is 5.75 Å². The summed E-state index contributed by atoms with van der Waals surface area (Å²) < 4.78 is 21.9. The summed E-state index contributed by atoms with van der Waals surface area (Å²) in [5.74, 6) is 0.251. The SMILES string of the molecule is COc1cc2nn(C)cc2cc1NC(=O)c1ccc(N2CCC(N(C(=O)OC(C)(C)C)C3CC3)CC2)c2c(CO[Si](C)(C)C(C)(C)C)n(C)nc12. The van der Waals surface area contributed by atoms with Gasteiger partial charge in [-0.25, -0.2) is 4.79 Å². The van der Waals surface area contributed by atoms with Crippen LogP contribution < -0.4 is 15.0 Å². The highest BCUT2D eigenvalue weighted by Crippen LogP contribution is 2.40. The predicted molar refractivity (Wildman–Crippen MR) is 204 cm³/mol. The molecule has 13 heteroatoms. The van der Waals surface area contributed by atoms with Gasteiger partial charge < -0.3 is 29.0 Å². The van der Waals surface area contributed by atoms with E-state index in [9.17, 15) is 9.59 Å². The monoisotopic (exact) mass is 717 g/mol. The zero-order valence-corrected chi connectivity index (χ0v) is 33.2. The number of methoxy groups -OCH3 is 1. The van der Waals surface area contributed by atoms with Gasteiger partial charge in [-0.2, -0.15) is 10.2 Å². The standard InChI is InChI=1S/C38H55N7O5Si/c1-37(2,3)50-36(47)45(25-12-13-25)26-16-18-44(19-17-26)30-15-14-27(34-33(30)31(43(8)41-34)23-49-51(10,11)38(4,5)6)35(46)39-29-20-24-22-42(7)40-28(24)21-32(29)48-9/h14-15,20-22,25-26H,12-13,16-19,23H2,1-11H3,(H,39,46). The molecule has 12 nitrogen and oxygen atoms in total. The molecule has 6 rings (SSSR count). The molecule has 2 amide bonds. The molecule has 1 saturated carbocycles. The number of ether oxygens (including phenoxy) is 2. The Kier molecular flexibility index (Phi) is 9.68. The zero-order chi connectivity index (χ0) is 37.0. The number of nitrogens with zero attached hydrogens (tertiary/aromatic N) is 6. The summed E-state index contributed by atoms with van der Waals surface area (Å²) in [5, 5.41) is 14.4. The third-order valence-corrected chi connectivity index (χ3v) is 15.1. The van der Waals surface area contributed by atoms with Crippen LogP contribution in [0, 0.1) is 0 Å². The highest BCUT2D eigenvalue weighted by atomic mass is 28.4. The van der Waals surface area contributed by atoms with Crippen molar-refractivity contribution in [2.45, 2.75) is 110 Å². The molecule has 0 spiro atoms. The molecule has 0 unspecified atom stereocenters. The molecular formula is C38H55N7O5Si. The van der Waals surface area contributed by atoms with Crippen LogP contribution in [0.4, 0.5) is 16.2 Å². The van der Waals surface area contributed by atoms with Crippen LogP contribution in [0.1, 0.15) is 83.3 Å². The van der Waals surface area contributed by atoms with Gasteiger partial charge in [-0.15, -0.1) is 0 Å². The Morgan fingerprint density at radius 1 is 0.980 bits per heavy atom. The minimum Gasteiger partial charge on any atom is -0.494 e. The first kappa shape index (κ1) is 36.7. The van der Waals surface area contributed by atoms with Gasteiger partial charge in [0, 0.05) is 68.0 Å². The molecule has 2 fully saturated rings. The third-order valence-electron chi connectivity index (χ3n) is 10.6. The molecule has 2 aromatic carbocycles. The van der Waals surface area contributed by atoms with Gasteiger partial charge in [0.15, 0.2) is 8.32 Å². The van der Waals surface area contributed by atoms with E-state index in [1.807, 2.05) is 74.9 Å². The summed E-state index contributed by atoms with van der Waals surface area (Å²) in [5.41, 5.74) is 3.85. The molecule has 1 saturated heterocycles. The van der Waals surface area contributed by atoms with Crippen LogP contribution in [0.15, 0.2) is 30.5 Å². The lowest BCUT2D eigenvalue weighted by Gasteiger charge is -2.40. The number of piperidine rings is 1. The van der Waals surface area contributed by atoms with Crippen LogP contribution in [0.5, 0.6) is 5.75 Å². The second-order valence-corrected chi connectivity index (χ2v) is 21.5. The number of benzene rings is 2. The van der Waals surface area contributed by atoms with Crippen LogP contribution in [-0.4, -0.2) is 82.7 Å². The van der Waals surface area contributed by atoms with Crippen molar-refractivity contribution in [3.05, 3.63) is 41.7 Å². The number of carbonyl (C=O) groups excluding carboxylic acids is 2. The van der Waals surface area contributed by atoms with Crippen LogP contribution in [0.3, 0.4) is 0 Å². The molecule has 4 aromatic rings. The van der Waals surface area contributed by atoms with Crippen molar-refractivity contribution in [2.24, 2.45) is 14.1 Å². The highest BCUT2D eigenvalue weighted by molar-refractivity contribution is 6.74. The van der Waals surface area contributed by atoms with Crippen LogP contribution in [-0.2, 0) is 29.9 Å². The lowest BCUT2D eigenvalue weighted by molar-refractivity contribution is 0.0113. The number of aryl methyl sites for hydroxylation is 2. The van der Waals surface area contributed by atoms with Gasteiger partial charge in [0.05, 0.1) is 36.2 Å². The fourth-order valence-corrected chi connectivity index (χ4v) is 7.63. The normalized spacial score (nSPS) is 16.2. The van der Waals surface area contributed by atoms with Crippen LogP contribution in [0.2, 0.25) is 18.1 Å². The average Bonchev–Trinajstić information content (AvgIpc) is 3.71. The van der Waals surface area contributed by atoms with Gasteiger partial charge >= 0.3 is 6.09 Å². The number of amides is 2. The topological polar surface area (TPSA) is 116 Å². The Labute approximate surface area is 302 Å². The molecular weight excluding hydrogens is 663 g/mol. The van der Waals surface area contributed by atoms with Crippen molar-refractivity contribution in [2.75, 3.05) is 30.4 Å². The number of hydrogen-bond donors (Lipinski definition) is 1. The van der Waals surface area contributed by atoms with Gasteiger partial charge in [-0.05, 0) is 82.8 Å². The van der Waals surface area contributed by atoms with Gasteiger partial charge in [0.2, 0.25) is 0 Å². The van der Waals surface area contributed by atoms with E-state index in [2.05, 4.69) is 49.2 Å². The lowest BCUT2D eigenvalue weighted by Crippen LogP contribution is -2.50. The van der Waals surface area contributed by atoms with Crippen molar-refractivity contribution < 1.29 is 23.5 Å². The number of aromatic nitrogens is 4. The molecule has 51 heavy (non-hydrogen) atoms. The summed E-state index contributed by atoms with van der Waals surface area (Å²) in [6.07, 6.45) is 5.40. The van der Waals surface area contributed by atoms with Crippen molar-refractivity contribution in [1.82, 2.24) is 24.5 Å². The second kappa shape index (κ2) is 13.5. The second-order valence-electron chi connectivity index (χ2n) is 16.7. The Bertz CT molecular complexity index is 1940. The Hall–Kier alpha value is -4.10. The van der Waals surface area contributed by atoms with Gasteiger partial charge in [-0.3, -0.25) is 14.2 Å². The minimum atomic E-state index is -2.10. The highest BCUT2D eigenvalue weighted by Gasteiger charge is 2.41. The fourth-order valence-electron chi connectivity index (χ4n) is 6.70. The van der Waals surface area contributed by atoms with E-state index in [-0.39, 0.29) is 29.1 Å². The quantitative estimate of drug-likeness (QED) is 0.176. The number of anilines is 2. The summed E-state index contributed by atoms with van der Waals surface area (Å²) in [4.78, 5) is 31.8. The summed E-state index contributed by atoms with van der Waals surface area (Å²) in [7, 11) is 3.27. The molecule has 3 heterocycles. The molecule has 0 bridgehead atoms. The maximum Gasteiger partial charge on any atom is 0.410 e. The maximum absolute atomic E-state index is 14.1. The summed E-state index contributed by atoms with van der Waals surface area (Å²) in [6, 6.07) is 8.01. The van der Waals surface area contributed by atoms with Crippen molar-refractivity contribution in [1.29, 1.82) is 0 Å². The lowest BCUT2D eigenvalue weighted by atomic mass is 10.00. The minimum absolute atomic E-state index is 0.0349.